The van der Waals surface area contributed by atoms with Crippen LogP contribution in [0.4, 0.5) is 5.69 Å². The Labute approximate surface area is 113 Å². The maximum absolute atomic E-state index is 12.0. The van der Waals surface area contributed by atoms with Gasteiger partial charge in [0.25, 0.3) is 0 Å². The first kappa shape index (κ1) is 15.2. The van der Waals surface area contributed by atoms with Crippen LogP contribution in [0.5, 0.6) is 0 Å². The minimum Gasteiger partial charge on any atom is -0.369 e. The highest BCUT2D eigenvalue weighted by Crippen LogP contribution is 2.16. The van der Waals surface area contributed by atoms with E-state index in [1.807, 2.05) is 13.8 Å². The molecular weight excluding hydrogens is 242 g/mol. The van der Waals surface area contributed by atoms with Crippen LogP contribution >= 0.6 is 0 Å². The predicted octanol–water partition coefficient (Wildman–Crippen LogP) is 1.17. The average Bonchev–Trinajstić information content (AvgIpc) is 2.39. The Balaban J connectivity index is 2.73. The zero-order valence-corrected chi connectivity index (χ0v) is 11.4. The summed E-state index contributed by atoms with van der Waals surface area (Å²) in [4.78, 5) is 22.8. The van der Waals surface area contributed by atoms with Crippen molar-refractivity contribution in [1.82, 2.24) is 0 Å². The summed E-state index contributed by atoms with van der Waals surface area (Å²) in [6.45, 7) is 3.78. The van der Waals surface area contributed by atoms with Gasteiger partial charge in [-0.25, -0.2) is 0 Å². The molecule has 0 spiro atoms. The maximum atomic E-state index is 12.0. The van der Waals surface area contributed by atoms with Gasteiger partial charge in [-0.1, -0.05) is 26.0 Å². The average molecular weight is 263 g/mol. The lowest BCUT2D eigenvalue weighted by molar-refractivity contribution is -0.121. The largest absolute Gasteiger partial charge is 0.369 e. The number of primary amides is 1. The molecule has 0 saturated heterocycles. The van der Waals surface area contributed by atoms with E-state index in [9.17, 15) is 9.59 Å². The molecule has 0 bridgehead atoms. The molecule has 0 aliphatic heterocycles. The van der Waals surface area contributed by atoms with Crippen molar-refractivity contribution in [3.63, 3.8) is 0 Å². The molecule has 0 heterocycles. The molecule has 0 fully saturated rings. The van der Waals surface area contributed by atoms with Gasteiger partial charge in [0.05, 0.1) is 12.0 Å². The summed E-state index contributed by atoms with van der Waals surface area (Å²) in [6.07, 6.45) is 1.35. The first-order valence-corrected chi connectivity index (χ1v) is 6.39. The third-order valence-electron chi connectivity index (χ3n) is 3.30. The summed E-state index contributed by atoms with van der Waals surface area (Å²) in [7, 11) is 0. The fraction of sp³-hybridized carbons (Fsp3) is 0.429. The summed E-state index contributed by atoms with van der Waals surface area (Å²) in [5, 5.41) is 2.78. The number of rotatable bonds is 6. The molecule has 0 saturated carbocycles. The molecule has 0 unspecified atom stereocenters. The van der Waals surface area contributed by atoms with E-state index in [0.29, 0.717) is 18.5 Å². The van der Waals surface area contributed by atoms with Crippen molar-refractivity contribution in [3.8, 4) is 0 Å². The normalized spacial score (nSPS) is 11.1. The third-order valence-corrected chi connectivity index (χ3v) is 3.30. The van der Waals surface area contributed by atoms with Gasteiger partial charge < -0.3 is 16.8 Å². The number of nitrogens with two attached hydrogens (primary N) is 2. The van der Waals surface area contributed by atoms with Crippen molar-refractivity contribution in [3.05, 3.63) is 29.8 Å². The quantitative estimate of drug-likeness (QED) is 0.718. The summed E-state index contributed by atoms with van der Waals surface area (Å²) in [6, 6.07) is 7.00. The van der Waals surface area contributed by atoms with Crippen molar-refractivity contribution >= 4 is 17.5 Å². The number of benzene rings is 1. The van der Waals surface area contributed by atoms with Crippen LogP contribution in [-0.4, -0.2) is 17.4 Å². The third kappa shape index (κ3) is 4.06. The molecule has 5 N–H and O–H groups in total. The number of carbonyl (C=O) groups excluding carboxylic acids is 2. The predicted molar refractivity (Wildman–Crippen MR) is 75.5 cm³/mol. The van der Waals surface area contributed by atoms with Crippen molar-refractivity contribution in [1.29, 1.82) is 0 Å². The number of anilines is 1. The number of hydrogen-bond donors (Lipinski definition) is 3. The van der Waals surface area contributed by atoms with Crippen LogP contribution < -0.4 is 16.8 Å². The standard InChI is InChI=1S/C14H21N3O2/c1-3-14(16,4-2)13(19)17-11-7-5-10(6-8-11)9-12(15)18/h5-8H,3-4,9,16H2,1-2H3,(H2,15,18)(H,17,19). The molecule has 0 aromatic heterocycles. The van der Waals surface area contributed by atoms with E-state index >= 15 is 0 Å². The molecule has 5 heteroatoms. The first-order valence-electron chi connectivity index (χ1n) is 6.39. The van der Waals surface area contributed by atoms with Crippen LogP contribution in [0.25, 0.3) is 0 Å². The summed E-state index contributed by atoms with van der Waals surface area (Å²) in [5.74, 6) is -0.574. The number of amides is 2. The Morgan fingerprint density at radius 1 is 1.16 bits per heavy atom. The van der Waals surface area contributed by atoms with Crippen LogP contribution in [-0.2, 0) is 16.0 Å². The van der Waals surface area contributed by atoms with Crippen LogP contribution in [0.2, 0.25) is 0 Å². The molecule has 0 aliphatic rings. The number of hydrogen-bond acceptors (Lipinski definition) is 3. The van der Waals surface area contributed by atoms with Crippen LogP contribution in [0.1, 0.15) is 32.3 Å². The first-order chi connectivity index (χ1) is 8.91. The number of nitrogens with one attached hydrogen (secondary N) is 1. The summed E-state index contributed by atoms with van der Waals surface area (Å²) in [5.41, 5.74) is 11.8. The lowest BCUT2D eigenvalue weighted by Gasteiger charge is -2.25. The van der Waals surface area contributed by atoms with Gasteiger partial charge in [0.15, 0.2) is 0 Å². The zero-order valence-electron chi connectivity index (χ0n) is 11.4. The molecule has 2 amide bonds. The molecule has 19 heavy (non-hydrogen) atoms. The fourth-order valence-electron chi connectivity index (χ4n) is 1.73. The highest BCUT2D eigenvalue weighted by molar-refractivity contribution is 5.97. The highest BCUT2D eigenvalue weighted by Gasteiger charge is 2.29. The van der Waals surface area contributed by atoms with Gasteiger partial charge in [0, 0.05) is 5.69 Å². The van der Waals surface area contributed by atoms with Crippen molar-refractivity contribution in [2.45, 2.75) is 38.6 Å². The Kier molecular flexibility index (Phi) is 5.06. The van der Waals surface area contributed by atoms with Crippen LogP contribution in [0.15, 0.2) is 24.3 Å². The van der Waals surface area contributed by atoms with E-state index < -0.39 is 5.54 Å². The Morgan fingerprint density at radius 3 is 2.11 bits per heavy atom. The zero-order chi connectivity index (χ0) is 14.5. The Morgan fingerprint density at radius 2 is 1.68 bits per heavy atom. The van der Waals surface area contributed by atoms with E-state index in [1.54, 1.807) is 24.3 Å². The Hall–Kier alpha value is -1.88. The van der Waals surface area contributed by atoms with Gasteiger partial charge >= 0.3 is 0 Å². The van der Waals surface area contributed by atoms with Crippen molar-refractivity contribution in [2.75, 3.05) is 5.32 Å². The molecule has 0 atom stereocenters. The maximum Gasteiger partial charge on any atom is 0.244 e. The molecule has 104 valence electrons. The minimum absolute atomic E-state index is 0.193. The van der Waals surface area contributed by atoms with E-state index in [2.05, 4.69) is 5.32 Å². The molecular formula is C14H21N3O2. The van der Waals surface area contributed by atoms with E-state index in [0.717, 1.165) is 5.56 Å². The van der Waals surface area contributed by atoms with Gasteiger partial charge in [-0.2, -0.15) is 0 Å². The van der Waals surface area contributed by atoms with Crippen molar-refractivity contribution < 1.29 is 9.59 Å². The molecule has 1 rings (SSSR count). The summed E-state index contributed by atoms with van der Waals surface area (Å²) < 4.78 is 0. The van der Waals surface area contributed by atoms with Crippen LogP contribution in [0, 0.1) is 0 Å². The smallest absolute Gasteiger partial charge is 0.244 e. The molecule has 0 aliphatic carbocycles. The van der Waals surface area contributed by atoms with Gasteiger partial charge in [-0.05, 0) is 30.5 Å². The van der Waals surface area contributed by atoms with Gasteiger partial charge in [0.1, 0.15) is 0 Å². The highest BCUT2D eigenvalue weighted by atomic mass is 16.2. The second-order valence-electron chi connectivity index (χ2n) is 4.66. The summed E-state index contributed by atoms with van der Waals surface area (Å²) >= 11 is 0. The fourth-order valence-corrected chi connectivity index (χ4v) is 1.73. The second-order valence-corrected chi connectivity index (χ2v) is 4.66. The topological polar surface area (TPSA) is 98.2 Å². The SMILES string of the molecule is CCC(N)(CC)C(=O)Nc1ccc(CC(N)=O)cc1. The molecule has 1 aromatic carbocycles. The number of carbonyl (C=O) groups is 2. The molecule has 5 nitrogen and oxygen atoms in total. The lowest BCUT2D eigenvalue weighted by atomic mass is 9.93. The van der Waals surface area contributed by atoms with E-state index in [-0.39, 0.29) is 18.2 Å². The van der Waals surface area contributed by atoms with E-state index in [4.69, 9.17) is 11.5 Å². The molecule has 1 aromatic rings. The Bertz CT molecular complexity index is 450. The van der Waals surface area contributed by atoms with Gasteiger partial charge in [-0.15, -0.1) is 0 Å². The lowest BCUT2D eigenvalue weighted by Crippen LogP contribution is -2.50. The monoisotopic (exact) mass is 263 g/mol. The van der Waals surface area contributed by atoms with Gasteiger partial charge in [-0.3, -0.25) is 9.59 Å². The minimum atomic E-state index is -0.841. The van der Waals surface area contributed by atoms with Crippen molar-refractivity contribution in [2.24, 2.45) is 11.5 Å². The van der Waals surface area contributed by atoms with E-state index in [1.165, 1.54) is 0 Å². The van der Waals surface area contributed by atoms with Crippen LogP contribution in [0.3, 0.4) is 0 Å². The molecule has 0 radical (unpaired) electrons. The van der Waals surface area contributed by atoms with Gasteiger partial charge in [0.2, 0.25) is 11.8 Å². The second kappa shape index (κ2) is 6.33.